The van der Waals surface area contributed by atoms with Gasteiger partial charge in [0.25, 0.3) is 0 Å². The minimum absolute atomic E-state index is 0.0192. The molecule has 1 unspecified atom stereocenters. The fourth-order valence-electron chi connectivity index (χ4n) is 5.67. The van der Waals surface area contributed by atoms with Crippen LogP contribution in [0.2, 0.25) is 0 Å². The predicted octanol–water partition coefficient (Wildman–Crippen LogP) is 3.67. The molecule has 4 N–H and O–H groups in total. The maximum absolute atomic E-state index is 13.8. The van der Waals surface area contributed by atoms with Crippen molar-refractivity contribution in [3.8, 4) is 11.3 Å². The van der Waals surface area contributed by atoms with Gasteiger partial charge in [-0.25, -0.2) is 28.7 Å². The summed E-state index contributed by atoms with van der Waals surface area (Å²) in [5.41, 5.74) is -0.416. The van der Waals surface area contributed by atoms with Gasteiger partial charge in [0.1, 0.15) is 11.7 Å². The van der Waals surface area contributed by atoms with Gasteiger partial charge < -0.3 is 20.4 Å². The van der Waals surface area contributed by atoms with E-state index in [0.717, 1.165) is 28.5 Å². The van der Waals surface area contributed by atoms with Gasteiger partial charge in [-0.3, -0.25) is 0 Å². The molecule has 1 aromatic heterocycles. The van der Waals surface area contributed by atoms with E-state index in [1.165, 1.54) is 10.9 Å². The maximum Gasteiger partial charge on any atom is 0.194 e. The number of aromatic nitrogens is 3. The molecule has 0 radical (unpaired) electrons. The lowest BCUT2D eigenvalue weighted by molar-refractivity contribution is 0.00573. The second-order valence-electron chi connectivity index (χ2n) is 10.5. The Balaban J connectivity index is 1.51. The van der Waals surface area contributed by atoms with E-state index in [4.69, 9.17) is 0 Å². The summed E-state index contributed by atoms with van der Waals surface area (Å²) in [5.74, 6) is -4.19. The molecule has 0 spiro atoms. The number of nitrogens with zero attached hydrogens (tertiary/aromatic N) is 3. The van der Waals surface area contributed by atoms with Crippen LogP contribution < -0.4 is 0 Å². The van der Waals surface area contributed by atoms with Gasteiger partial charge in [-0.15, -0.1) is 5.10 Å². The molecule has 1 aliphatic heterocycles. The Hall–Kier alpha value is -2.96. The van der Waals surface area contributed by atoms with Crippen molar-refractivity contribution in [3.63, 3.8) is 0 Å². The number of aliphatic hydroxyl groups excluding tert-OH is 3. The largest absolute Gasteiger partial charge is 0.395 e. The average molecular weight is 562 g/mol. The number of hydrogen-bond donors (Lipinski definition) is 5. The van der Waals surface area contributed by atoms with E-state index in [0.29, 0.717) is 0 Å². The molecule has 1 aliphatic rings. The highest BCUT2D eigenvalue weighted by Crippen LogP contribution is 2.58. The molecule has 4 aromatic rings. The molecular formula is C28H30F3N3O4S. The van der Waals surface area contributed by atoms with Crippen molar-refractivity contribution in [2.45, 2.75) is 48.2 Å². The molecule has 3 aromatic carbocycles. The molecule has 7 nitrogen and oxygen atoms in total. The first kappa shape index (κ1) is 27.6. The Bertz CT molecular complexity index is 1470. The Labute approximate surface area is 225 Å². The predicted molar refractivity (Wildman–Crippen MR) is 144 cm³/mol. The molecule has 0 amide bonds. The second kappa shape index (κ2) is 10.5. The second-order valence-corrected chi connectivity index (χ2v) is 13.0. The summed E-state index contributed by atoms with van der Waals surface area (Å²) in [5, 5.41) is 53.2. The van der Waals surface area contributed by atoms with Crippen LogP contribution in [0.25, 0.3) is 22.0 Å². The van der Waals surface area contributed by atoms with Crippen LogP contribution in [0.1, 0.15) is 30.7 Å². The van der Waals surface area contributed by atoms with Crippen molar-refractivity contribution in [1.82, 2.24) is 15.0 Å². The van der Waals surface area contributed by atoms with Crippen molar-refractivity contribution < 1.29 is 33.6 Å². The Morgan fingerprint density at radius 2 is 1.72 bits per heavy atom. The van der Waals surface area contributed by atoms with E-state index in [-0.39, 0.29) is 17.0 Å². The minimum Gasteiger partial charge on any atom is -0.395 e. The number of benzene rings is 3. The monoisotopic (exact) mass is 561 g/mol. The van der Waals surface area contributed by atoms with Gasteiger partial charge >= 0.3 is 0 Å². The molecule has 5 rings (SSSR count). The van der Waals surface area contributed by atoms with Crippen LogP contribution in [-0.2, 0) is 0 Å². The molecule has 39 heavy (non-hydrogen) atoms. The Morgan fingerprint density at radius 1 is 1.05 bits per heavy atom. The zero-order chi connectivity index (χ0) is 28.1. The zero-order valence-corrected chi connectivity index (χ0v) is 22.2. The first-order valence-corrected chi connectivity index (χ1v) is 14.2. The van der Waals surface area contributed by atoms with Crippen molar-refractivity contribution in [3.05, 3.63) is 83.8 Å². The van der Waals surface area contributed by atoms with Gasteiger partial charge in [0.15, 0.2) is 17.5 Å². The lowest BCUT2D eigenvalue weighted by Gasteiger charge is -2.50. The maximum atomic E-state index is 13.8. The SMILES string of the molecule is CC(C)(O)[C@@H](c1cccc2ccccc12)[SH]1C[C@H](O)[C@H](n2cc(-c3cc(F)c(F)c(F)c3)nn2)[C@@H](O)[C@H]1CO. The van der Waals surface area contributed by atoms with Gasteiger partial charge in [-0.1, -0.05) is 47.7 Å². The number of halogens is 3. The van der Waals surface area contributed by atoms with E-state index < -0.39 is 69.3 Å². The molecule has 2 heterocycles. The van der Waals surface area contributed by atoms with Gasteiger partial charge in [0.2, 0.25) is 0 Å². The van der Waals surface area contributed by atoms with Gasteiger partial charge in [-0.2, -0.15) is 0 Å². The summed E-state index contributed by atoms with van der Waals surface area (Å²) in [4.78, 5) is 0. The standard InChI is InChI=1S/C28H30F3N3O4S/c1-28(2,38)27(18-9-5-7-15-6-3-4-8-17(15)18)39-14-22(36)25(26(37)23(39)13-35)34-12-21(32-33-34)16-10-19(29)24(31)20(30)11-16/h3-12,22-23,25-27,35-39H,13-14H2,1-2H3/t22-,23+,25-,26-,27+/m0/s1. The molecule has 0 aliphatic carbocycles. The van der Waals surface area contributed by atoms with E-state index in [2.05, 4.69) is 10.3 Å². The van der Waals surface area contributed by atoms with Crippen LogP contribution in [-0.4, -0.2) is 70.8 Å². The highest BCUT2D eigenvalue weighted by Gasteiger charge is 2.49. The van der Waals surface area contributed by atoms with Crippen molar-refractivity contribution >= 4 is 21.7 Å². The summed E-state index contributed by atoms with van der Waals surface area (Å²) < 4.78 is 42.1. The molecule has 0 bridgehead atoms. The Morgan fingerprint density at radius 3 is 2.38 bits per heavy atom. The topological polar surface area (TPSA) is 112 Å². The van der Waals surface area contributed by atoms with Crippen LogP contribution in [0.4, 0.5) is 13.2 Å². The summed E-state index contributed by atoms with van der Waals surface area (Å²) >= 11 is 0. The summed E-state index contributed by atoms with van der Waals surface area (Å²) in [7, 11) is -1.38. The summed E-state index contributed by atoms with van der Waals surface area (Å²) in [6.07, 6.45) is -1.10. The highest BCUT2D eigenvalue weighted by atomic mass is 32.2. The van der Waals surface area contributed by atoms with Crippen LogP contribution in [0, 0.1) is 17.5 Å². The molecule has 11 heteroatoms. The van der Waals surface area contributed by atoms with Gasteiger partial charge in [0.05, 0.1) is 30.6 Å². The Kier molecular flexibility index (Phi) is 7.47. The third kappa shape index (κ3) is 5.05. The average Bonchev–Trinajstić information content (AvgIpc) is 3.36. The normalized spacial score (nSPS) is 25.6. The first-order valence-electron chi connectivity index (χ1n) is 12.5. The smallest absolute Gasteiger partial charge is 0.194 e. The molecular weight excluding hydrogens is 531 g/mol. The third-order valence-corrected chi connectivity index (χ3v) is 11.1. The fraction of sp³-hybridized carbons (Fsp3) is 0.357. The lowest BCUT2D eigenvalue weighted by atomic mass is 9.93. The lowest BCUT2D eigenvalue weighted by Crippen LogP contribution is -2.52. The quantitative estimate of drug-likeness (QED) is 0.182. The molecule has 0 saturated carbocycles. The van der Waals surface area contributed by atoms with Crippen LogP contribution >= 0.6 is 10.9 Å². The number of fused-ring (bicyclic) bond motifs is 1. The molecule has 1 fully saturated rings. The first-order chi connectivity index (χ1) is 18.5. The number of thiol groups is 1. The molecule has 208 valence electrons. The van der Waals surface area contributed by atoms with E-state index in [1.807, 2.05) is 42.5 Å². The summed E-state index contributed by atoms with van der Waals surface area (Å²) in [6, 6.07) is 14.1. The van der Waals surface area contributed by atoms with Crippen molar-refractivity contribution in [2.24, 2.45) is 0 Å². The van der Waals surface area contributed by atoms with Crippen LogP contribution in [0.5, 0.6) is 0 Å². The fourth-order valence-corrected chi connectivity index (χ4v) is 9.35. The van der Waals surface area contributed by atoms with E-state index in [1.54, 1.807) is 13.8 Å². The third-order valence-electron chi connectivity index (χ3n) is 7.36. The molecule has 1 saturated heterocycles. The van der Waals surface area contributed by atoms with Crippen LogP contribution in [0.3, 0.4) is 0 Å². The number of hydrogen-bond acceptors (Lipinski definition) is 6. The number of aliphatic hydroxyl groups is 4. The van der Waals surface area contributed by atoms with Gasteiger partial charge in [-0.05, 0) is 42.3 Å². The minimum atomic E-state index is -1.60. The van der Waals surface area contributed by atoms with Crippen molar-refractivity contribution in [1.29, 1.82) is 0 Å². The van der Waals surface area contributed by atoms with E-state index >= 15 is 0 Å². The molecule has 6 atom stereocenters. The highest BCUT2D eigenvalue weighted by molar-refractivity contribution is 8.18. The van der Waals surface area contributed by atoms with Crippen molar-refractivity contribution in [2.75, 3.05) is 12.4 Å². The number of rotatable bonds is 6. The van der Waals surface area contributed by atoms with E-state index in [9.17, 15) is 33.6 Å². The zero-order valence-electron chi connectivity index (χ0n) is 21.3. The summed E-state index contributed by atoms with van der Waals surface area (Å²) in [6.45, 7) is 2.97. The van der Waals surface area contributed by atoms with Gasteiger partial charge in [0, 0.05) is 21.8 Å². The van der Waals surface area contributed by atoms with Crippen LogP contribution in [0.15, 0.2) is 60.8 Å².